The van der Waals surface area contributed by atoms with Crippen LogP contribution in [0.15, 0.2) is 78.0 Å². The molecule has 2 heterocycles. The zero-order chi connectivity index (χ0) is 23.8. The van der Waals surface area contributed by atoms with E-state index in [0.29, 0.717) is 25.4 Å². The number of ether oxygens (including phenoxy) is 1. The lowest BCUT2D eigenvalue weighted by molar-refractivity contribution is 0.0926. The largest absolute Gasteiger partial charge is 0.425 e. The van der Waals surface area contributed by atoms with Gasteiger partial charge in [-0.25, -0.2) is 9.97 Å². The van der Waals surface area contributed by atoms with Crippen LogP contribution >= 0.6 is 0 Å². The highest BCUT2D eigenvalue weighted by Gasteiger charge is 2.38. The number of anilines is 1. The first-order chi connectivity index (χ1) is 16.6. The molecule has 0 spiro atoms. The Bertz CT molecular complexity index is 1180. The number of piperidine rings is 1. The van der Waals surface area contributed by atoms with Crippen LogP contribution in [0.25, 0.3) is 0 Å². The molecule has 1 saturated heterocycles. The number of amides is 1. The molecule has 3 N–H and O–H groups in total. The van der Waals surface area contributed by atoms with Gasteiger partial charge in [0.15, 0.2) is 11.5 Å². The van der Waals surface area contributed by atoms with Crippen molar-refractivity contribution in [3.63, 3.8) is 0 Å². The normalized spacial score (nSPS) is 15.3. The molecule has 4 rings (SSSR count). The molecule has 0 radical (unpaired) electrons. The third-order valence-electron chi connectivity index (χ3n) is 6.00. The smallest absolute Gasteiger partial charge is 0.308 e. The first kappa shape index (κ1) is 22.7. The van der Waals surface area contributed by atoms with Gasteiger partial charge in [-0.1, -0.05) is 48.5 Å². The van der Waals surface area contributed by atoms with Crippen molar-refractivity contribution in [3.05, 3.63) is 84.3 Å². The lowest BCUT2D eigenvalue weighted by Gasteiger charge is -2.42. The lowest BCUT2D eigenvalue weighted by Crippen LogP contribution is -2.51. The molecule has 9 nitrogen and oxygen atoms in total. The number of nitrogens with zero attached hydrogens (tertiary/aromatic N) is 5. The fourth-order valence-corrected chi connectivity index (χ4v) is 4.14. The molecule has 1 aromatic heterocycles. The highest BCUT2D eigenvalue weighted by molar-refractivity contribution is 5.96. The molecule has 34 heavy (non-hydrogen) atoms. The number of para-hydroxylation sites is 1. The van der Waals surface area contributed by atoms with E-state index in [9.17, 15) is 10.1 Å². The van der Waals surface area contributed by atoms with Gasteiger partial charge in [-0.3, -0.25) is 4.79 Å². The number of nitriles is 1. The van der Waals surface area contributed by atoms with Gasteiger partial charge in [0.2, 0.25) is 6.19 Å². The number of nitrogens with one attached hydrogen (secondary N) is 1. The molecule has 1 aliphatic heterocycles. The fourth-order valence-electron chi connectivity index (χ4n) is 4.14. The summed E-state index contributed by atoms with van der Waals surface area (Å²) in [5, 5.41) is 12.2. The van der Waals surface area contributed by atoms with Crippen molar-refractivity contribution < 1.29 is 9.53 Å². The van der Waals surface area contributed by atoms with E-state index in [1.165, 1.54) is 12.4 Å². The van der Waals surface area contributed by atoms with Gasteiger partial charge >= 0.3 is 6.02 Å². The van der Waals surface area contributed by atoms with E-state index in [1.807, 2.05) is 59.6 Å². The second-order valence-electron chi connectivity index (χ2n) is 8.02. The number of carbonyl (C=O) groups excluding carboxylic acids is 1. The van der Waals surface area contributed by atoms with Gasteiger partial charge in [0.1, 0.15) is 5.75 Å². The van der Waals surface area contributed by atoms with Gasteiger partial charge in [0.25, 0.3) is 5.91 Å². The van der Waals surface area contributed by atoms with Gasteiger partial charge in [-0.15, -0.1) is 4.99 Å². The molecular weight excluding hydrogens is 430 g/mol. The van der Waals surface area contributed by atoms with E-state index in [0.717, 1.165) is 18.4 Å². The predicted octanol–water partition coefficient (Wildman–Crippen LogP) is 2.74. The fraction of sp³-hybridized carbons (Fsp3) is 0.240. The molecule has 3 aromatic rings. The van der Waals surface area contributed by atoms with Crippen LogP contribution in [0.3, 0.4) is 0 Å². The Morgan fingerprint density at radius 1 is 1.09 bits per heavy atom. The highest BCUT2D eigenvalue weighted by atomic mass is 16.5. The van der Waals surface area contributed by atoms with Crippen LogP contribution in [0.4, 0.5) is 5.82 Å². The SMILES string of the molecule is N#C/N=C(\Oc1ccccc1)N1CCC(CNC(=O)c2nccnc2N)(c2ccccc2)CC1. The van der Waals surface area contributed by atoms with E-state index in [2.05, 4.69) is 32.4 Å². The van der Waals surface area contributed by atoms with Crippen LogP contribution in [0, 0.1) is 11.5 Å². The third-order valence-corrected chi connectivity index (χ3v) is 6.00. The standard InChI is InChI=1S/C25H25N7O2/c26-18-31-24(34-20-9-5-2-6-10-20)32-15-11-25(12-16-32,19-7-3-1-4-8-19)17-30-23(33)21-22(27)29-14-13-28-21/h1-10,13-14H,11-12,15-17H2,(H2,27,29)(H,30,33)/b31-24-. The minimum absolute atomic E-state index is 0.0963. The minimum atomic E-state index is -0.359. The molecule has 0 saturated carbocycles. The number of nitrogens with two attached hydrogens (primary N) is 1. The maximum Gasteiger partial charge on any atom is 0.308 e. The number of aromatic nitrogens is 2. The Morgan fingerprint density at radius 2 is 1.74 bits per heavy atom. The van der Waals surface area contributed by atoms with Crippen LogP contribution in [0.1, 0.15) is 28.9 Å². The summed E-state index contributed by atoms with van der Waals surface area (Å²) in [6.45, 7) is 1.61. The van der Waals surface area contributed by atoms with Crippen LogP contribution < -0.4 is 15.8 Å². The van der Waals surface area contributed by atoms with Crippen molar-refractivity contribution >= 4 is 17.7 Å². The number of amidine groups is 1. The average molecular weight is 456 g/mol. The van der Waals surface area contributed by atoms with E-state index in [1.54, 1.807) is 0 Å². The van der Waals surface area contributed by atoms with Crippen molar-refractivity contribution in [2.45, 2.75) is 18.3 Å². The Kier molecular flexibility index (Phi) is 6.98. The number of likely N-dealkylation sites (tertiary alicyclic amines) is 1. The van der Waals surface area contributed by atoms with Crippen LogP contribution in [0.2, 0.25) is 0 Å². The zero-order valence-electron chi connectivity index (χ0n) is 18.6. The zero-order valence-corrected chi connectivity index (χ0v) is 18.6. The molecule has 0 bridgehead atoms. The summed E-state index contributed by atoms with van der Waals surface area (Å²) in [5.41, 5.74) is 6.76. The molecular formula is C25H25N7O2. The van der Waals surface area contributed by atoms with Crippen LogP contribution in [0.5, 0.6) is 5.75 Å². The number of aliphatic imine (C=N–C) groups is 1. The van der Waals surface area contributed by atoms with Crippen LogP contribution in [-0.2, 0) is 5.41 Å². The Labute approximate surface area is 197 Å². The molecule has 1 aliphatic rings. The van der Waals surface area contributed by atoms with Gasteiger partial charge in [-0.2, -0.15) is 5.26 Å². The average Bonchev–Trinajstić information content (AvgIpc) is 2.89. The van der Waals surface area contributed by atoms with Crippen molar-refractivity contribution in [1.29, 1.82) is 5.26 Å². The maximum atomic E-state index is 12.8. The van der Waals surface area contributed by atoms with Crippen molar-refractivity contribution in [3.8, 4) is 11.9 Å². The lowest BCUT2D eigenvalue weighted by atomic mass is 9.72. The van der Waals surface area contributed by atoms with Gasteiger partial charge < -0.3 is 20.7 Å². The summed E-state index contributed by atoms with van der Waals surface area (Å²) < 4.78 is 5.89. The van der Waals surface area contributed by atoms with E-state index in [-0.39, 0.29) is 28.9 Å². The molecule has 0 unspecified atom stereocenters. The molecule has 172 valence electrons. The number of benzene rings is 2. The monoisotopic (exact) mass is 455 g/mol. The molecule has 0 atom stereocenters. The molecule has 1 fully saturated rings. The second-order valence-corrected chi connectivity index (χ2v) is 8.02. The number of rotatable bonds is 5. The minimum Gasteiger partial charge on any atom is -0.425 e. The second kappa shape index (κ2) is 10.4. The molecule has 0 aliphatic carbocycles. The van der Waals surface area contributed by atoms with E-state index >= 15 is 0 Å². The summed E-state index contributed by atoms with van der Waals surface area (Å²) in [7, 11) is 0. The molecule has 9 heteroatoms. The Balaban J connectivity index is 1.51. The van der Waals surface area contributed by atoms with Gasteiger partial charge in [-0.05, 0) is 30.5 Å². The van der Waals surface area contributed by atoms with Crippen LogP contribution in [-0.4, -0.2) is 46.4 Å². The molecule has 1 amide bonds. The molecule has 2 aromatic carbocycles. The Hall–Kier alpha value is -4.45. The summed E-state index contributed by atoms with van der Waals surface area (Å²) in [6, 6.07) is 19.6. The quantitative estimate of drug-likeness (QED) is 0.344. The van der Waals surface area contributed by atoms with Crippen molar-refractivity contribution in [1.82, 2.24) is 20.2 Å². The number of hydrogen-bond acceptors (Lipinski definition) is 7. The summed E-state index contributed by atoms with van der Waals surface area (Å²) in [4.78, 5) is 26.6. The van der Waals surface area contributed by atoms with Gasteiger partial charge in [0, 0.05) is 37.4 Å². The van der Waals surface area contributed by atoms with E-state index < -0.39 is 0 Å². The topological polar surface area (TPSA) is 130 Å². The predicted molar refractivity (Wildman–Crippen MR) is 128 cm³/mol. The van der Waals surface area contributed by atoms with Gasteiger partial charge in [0.05, 0.1) is 0 Å². The maximum absolute atomic E-state index is 12.8. The van der Waals surface area contributed by atoms with E-state index in [4.69, 9.17) is 10.5 Å². The Morgan fingerprint density at radius 3 is 2.38 bits per heavy atom. The first-order valence-electron chi connectivity index (χ1n) is 11.0. The number of carbonyl (C=O) groups is 1. The summed E-state index contributed by atoms with van der Waals surface area (Å²) >= 11 is 0. The first-order valence-corrected chi connectivity index (χ1v) is 11.0. The highest BCUT2D eigenvalue weighted by Crippen LogP contribution is 2.35. The van der Waals surface area contributed by atoms with Crippen molar-refractivity contribution in [2.24, 2.45) is 4.99 Å². The third kappa shape index (κ3) is 5.13. The summed E-state index contributed by atoms with van der Waals surface area (Å²) in [6.07, 6.45) is 6.17. The number of nitrogen functional groups attached to an aromatic ring is 1. The van der Waals surface area contributed by atoms with Crippen molar-refractivity contribution in [2.75, 3.05) is 25.4 Å². The number of hydrogen-bond donors (Lipinski definition) is 2. The summed E-state index contributed by atoms with van der Waals surface area (Å²) in [5.74, 6) is 0.353.